The summed E-state index contributed by atoms with van der Waals surface area (Å²) in [7, 11) is 1.71. The third kappa shape index (κ3) is 4.09. The number of nitrogens with zero attached hydrogens (tertiary/aromatic N) is 5. The zero-order valence-corrected chi connectivity index (χ0v) is 15.0. The lowest BCUT2D eigenvalue weighted by Crippen LogP contribution is -2.36. The van der Waals surface area contributed by atoms with Gasteiger partial charge >= 0.3 is 0 Å². The van der Waals surface area contributed by atoms with Crippen molar-refractivity contribution in [1.82, 2.24) is 29.5 Å². The van der Waals surface area contributed by atoms with Crippen LogP contribution in [0, 0.1) is 0 Å². The Morgan fingerprint density at radius 2 is 2.12 bits per heavy atom. The van der Waals surface area contributed by atoms with E-state index < -0.39 is 0 Å². The Morgan fingerprint density at radius 3 is 2.96 bits per heavy atom. The van der Waals surface area contributed by atoms with E-state index in [0.29, 0.717) is 37.0 Å². The number of rotatable bonds is 6. The number of hydrogen-bond acceptors (Lipinski definition) is 5. The molecule has 9 nitrogen and oxygen atoms in total. The quantitative estimate of drug-likeness (QED) is 0.733. The predicted octanol–water partition coefficient (Wildman–Crippen LogP) is 0.0389. The van der Waals surface area contributed by atoms with Gasteiger partial charge in [0, 0.05) is 33.1 Å². The first-order valence-electron chi connectivity index (χ1n) is 8.98. The van der Waals surface area contributed by atoms with Gasteiger partial charge in [-0.15, -0.1) is 0 Å². The van der Waals surface area contributed by atoms with E-state index in [0.717, 1.165) is 25.8 Å². The Balaban J connectivity index is 1.48. The zero-order valence-electron chi connectivity index (χ0n) is 15.0. The fourth-order valence-corrected chi connectivity index (χ4v) is 3.16. The number of amides is 2. The van der Waals surface area contributed by atoms with Crippen molar-refractivity contribution in [3.05, 3.63) is 22.9 Å². The summed E-state index contributed by atoms with van der Waals surface area (Å²) in [6.07, 6.45) is 7.26. The molecule has 1 saturated heterocycles. The molecular weight excluding hydrogens is 336 g/mol. The average molecular weight is 360 g/mol. The maximum Gasteiger partial charge on any atom is 0.264 e. The highest BCUT2D eigenvalue weighted by atomic mass is 16.2. The number of carbonyl (C=O) groups is 2. The van der Waals surface area contributed by atoms with Crippen LogP contribution < -0.4 is 10.9 Å². The molecule has 3 rings (SSSR count). The van der Waals surface area contributed by atoms with Crippen LogP contribution >= 0.6 is 0 Å². The van der Waals surface area contributed by atoms with Crippen molar-refractivity contribution >= 4 is 22.8 Å². The van der Waals surface area contributed by atoms with E-state index in [1.807, 2.05) is 4.90 Å². The van der Waals surface area contributed by atoms with Crippen LogP contribution in [-0.2, 0) is 23.2 Å². The molecule has 0 aliphatic carbocycles. The molecule has 1 N–H and O–H groups in total. The smallest absolute Gasteiger partial charge is 0.264 e. The van der Waals surface area contributed by atoms with Crippen LogP contribution in [0.2, 0.25) is 0 Å². The predicted molar refractivity (Wildman–Crippen MR) is 95.4 cm³/mol. The van der Waals surface area contributed by atoms with Gasteiger partial charge in [-0.05, 0) is 19.3 Å². The topological polar surface area (TPSA) is 102 Å². The Morgan fingerprint density at radius 1 is 1.27 bits per heavy atom. The van der Waals surface area contributed by atoms with E-state index in [2.05, 4.69) is 15.4 Å². The van der Waals surface area contributed by atoms with Gasteiger partial charge in [0.15, 0.2) is 5.65 Å². The second kappa shape index (κ2) is 8.11. The summed E-state index contributed by atoms with van der Waals surface area (Å²) in [5, 5.41) is 7.19. The lowest BCUT2D eigenvalue weighted by Gasteiger charge is -2.20. The van der Waals surface area contributed by atoms with Crippen molar-refractivity contribution in [2.24, 2.45) is 7.05 Å². The van der Waals surface area contributed by atoms with Crippen LogP contribution in [0.1, 0.15) is 32.1 Å². The normalized spacial score (nSPS) is 15.3. The van der Waals surface area contributed by atoms with Crippen LogP contribution in [0.5, 0.6) is 0 Å². The highest BCUT2D eigenvalue weighted by Gasteiger charge is 2.16. The Labute approximate surface area is 151 Å². The second-order valence-electron chi connectivity index (χ2n) is 6.58. The minimum atomic E-state index is -0.284. The molecule has 3 heterocycles. The summed E-state index contributed by atoms with van der Waals surface area (Å²) in [6.45, 7) is 1.85. The number of aryl methyl sites for hydroxylation is 1. The summed E-state index contributed by atoms with van der Waals surface area (Å²) in [5.74, 6) is -0.0458. The summed E-state index contributed by atoms with van der Waals surface area (Å²) in [6, 6.07) is 0. The molecule has 0 atom stereocenters. The minimum absolute atomic E-state index is 0.0840. The molecule has 0 aromatic carbocycles. The van der Waals surface area contributed by atoms with Crippen LogP contribution in [0.25, 0.3) is 11.0 Å². The second-order valence-corrected chi connectivity index (χ2v) is 6.58. The SMILES string of the molecule is Cn1ncc2c(=O)n(CC(=O)NCCCN3CCCCCC3=O)cnc21. The molecule has 1 aliphatic heterocycles. The largest absolute Gasteiger partial charge is 0.354 e. The molecule has 140 valence electrons. The third-order valence-corrected chi connectivity index (χ3v) is 4.63. The maximum atomic E-state index is 12.3. The number of nitrogens with one attached hydrogen (secondary N) is 1. The van der Waals surface area contributed by atoms with Crippen molar-refractivity contribution in [3.63, 3.8) is 0 Å². The van der Waals surface area contributed by atoms with Gasteiger partial charge in [-0.3, -0.25) is 23.6 Å². The Hall–Kier alpha value is -2.71. The fraction of sp³-hybridized carbons (Fsp3) is 0.588. The van der Waals surface area contributed by atoms with E-state index in [4.69, 9.17) is 0 Å². The standard InChI is InChI=1S/C17H24N6O3/c1-21-16-13(10-20-21)17(26)23(12-19-16)11-14(24)18-7-5-9-22-8-4-2-3-6-15(22)25/h10,12H,2-9,11H2,1H3,(H,18,24). The van der Waals surface area contributed by atoms with Crippen molar-refractivity contribution < 1.29 is 9.59 Å². The summed E-state index contributed by atoms with van der Waals surface area (Å²) in [5.41, 5.74) is 0.210. The van der Waals surface area contributed by atoms with Gasteiger partial charge in [-0.1, -0.05) is 6.42 Å². The Kier molecular flexibility index (Phi) is 5.65. The molecule has 0 bridgehead atoms. The number of carbonyl (C=O) groups excluding carboxylic acids is 2. The van der Waals surface area contributed by atoms with Gasteiger partial charge in [0.1, 0.15) is 18.3 Å². The molecule has 0 spiro atoms. The summed E-state index contributed by atoms with van der Waals surface area (Å²) in [4.78, 5) is 42.4. The van der Waals surface area contributed by atoms with Crippen LogP contribution in [0.3, 0.4) is 0 Å². The van der Waals surface area contributed by atoms with E-state index in [9.17, 15) is 14.4 Å². The highest BCUT2D eigenvalue weighted by Crippen LogP contribution is 2.11. The number of aromatic nitrogens is 4. The summed E-state index contributed by atoms with van der Waals surface area (Å²) < 4.78 is 2.79. The van der Waals surface area contributed by atoms with Gasteiger partial charge in [0.05, 0.1) is 6.20 Å². The molecule has 2 aromatic heterocycles. The molecule has 0 unspecified atom stereocenters. The Bertz CT molecular complexity index is 856. The van der Waals surface area contributed by atoms with Crippen molar-refractivity contribution in [2.45, 2.75) is 38.6 Å². The van der Waals surface area contributed by atoms with E-state index in [1.54, 1.807) is 7.05 Å². The molecule has 1 fully saturated rings. The number of hydrogen-bond donors (Lipinski definition) is 1. The van der Waals surface area contributed by atoms with E-state index in [1.165, 1.54) is 21.8 Å². The van der Waals surface area contributed by atoms with Crippen molar-refractivity contribution in [3.8, 4) is 0 Å². The summed E-state index contributed by atoms with van der Waals surface area (Å²) >= 11 is 0. The number of likely N-dealkylation sites (tertiary alicyclic amines) is 1. The first-order valence-corrected chi connectivity index (χ1v) is 8.98. The number of fused-ring (bicyclic) bond motifs is 1. The first-order chi connectivity index (χ1) is 12.6. The van der Waals surface area contributed by atoms with Gasteiger partial charge in [0.25, 0.3) is 5.56 Å². The molecule has 26 heavy (non-hydrogen) atoms. The monoisotopic (exact) mass is 360 g/mol. The lowest BCUT2D eigenvalue weighted by atomic mass is 10.2. The molecular formula is C17H24N6O3. The van der Waals surface area contributed by atoms with Gasteiger partial charge in [0.2, 0.25) is 11.8 Å². The van der Waals surface area contributed by atoms with Crippen molar-refractivity contribution in [2.75, 3.05) is 19.6 Å². The van der Waals surface area contributed by atoms with Gasteiger partial charge in [-0.2, -0.15) is 5.10 Å². The van der Waals surface area contributed by atoms with Crippen molar-refractivity contribution in [1.29, 1.82) is 0 Å². The lowest BCUT2D eigenvalue weighted by molar-refractivity contribution is -0.130. The minimum Gasteiger partial charge on any atom is -0.354 e. The van der Waals surface area contributed by atoms with E-state index >= 15 is 0 Å². The molecule has 2 amide bonds. The van der Waals surface area contributed by atoms with Crippen LogP contribution in [-0.4, -0.2) is 55.7 Å². The third-order valence-electron chi connectivity index (χ3n) is 4.63. The zero-order chi connectivity index (χ0) is 18.5. The molecule has 9 heteroatoms. The highest BCUT2D eigenvalue weighted by molar-refractivity contribution is 5.77. The molecule has 2 aromatic rings. The molecule has 0 saturated carbocycles. The maximum absolute atomic E-state index is 12.3. The fourth-order valence-electron chi connectivity index (χ4n) is 3.16. The van der Waals surface area contributed by atoms with E-state index in [-0.39, 0.29) is 23.9 Å². The molecule has 0 radical (unpaired) electrons. The van der Waals surface area contributed by atoms with Crippen LogP contribution in [0.4, 0.5) is 0 Å². The van der Waals surface area contributed by atoms with Gasteiger partial charge < -0.3 is 10.2 Å². The first kappa shape index (κ1) is 18.1. The van der Waals surface area contributed by atoms with Gasteiger partial charge in [-0.25, -0.2) is 4.98 Å². The van der Waals surface area contributed by atoms with Crippen LogP contribution in [0.15, 0.2) is 17.3 Å². The average Bonchev–Trinajstić information content (AvgIpc) is 2.87. The molecule has 1 aliphatic rings.